The first-order chi connectivity index (χ1) is 9.86. The second-order valence-corrected chi connectivity index (χ2v) is 4.63. The Morgan fingerprint density at radius 1 is 0.900 bits per heavy atom. The molecular weight excluding hydrogens is 252 g/mol. The molecule has 0 saturated heterocycles. The molecule has 2 aromatic heterocycles. The van der Waals surface area contributed by atoms with Gasteiger partial charge in [-0.2, -0.15) is 0 Å². The fourth-order valence-corrected chi connectivity index (χ4v) is 2.54. The number of carbonyl (C=O) groups excluding carboxylic acids is 1. The zero-order valence-electron chi connectivity index (χ0n) is 10.5. The minimum atomic E-state index is 0.345. The first-order valence-electron chi connectivity index (χ1n) is 6.31. The smallest absolute Gasteiger partial charge is 0.185 e. The molecule has 0 radical (unpaired) electrons. The van der Waals surface area contributed by atoms with Crippen molar-refractivity contribution in [2.24, 2.45) is 0 Å². The van der Waals surface area contributed by atoms with Crippen molar-refractivity contribution in [3.05, 3.63) is 60.6 Å². The minimum Gasteiger partial charge on any atom is -0.461 e. The van der Waals surface area contributed by atoms with Crippen LogP contribution in [0.3, 0.4) is 0 Å². The lowest BCUT2D eigenvalue weighted by molar-refractivity contribution is 0.110. The molecule has 20 heavy (non-hydrogen) atoms. The highest BCUT2D eigenvalue weighted by Gasteiger charge is 2.11. The quantitative estimate of drug-likeness (QED) is 0.493. The van der Waals surface area contributed by atoms with E-state index in [1.165, 1.54) is 6.26 Å². The molecule has 0 saturated carbocycles. The van der Waals surface area contributed by atoms with Gasteiger partial charge in [0.2, 0.25) is 0 Å². The van der Waals surface area contributed by atoms with Crippen molar-refractivity contribution in [3.8, 4) is 11.1 Å². The lowest BCUT2D eigenvalue weighted by Crippen LogP contribution is -1.81. The number of carbonyl (C=O) groups is 1. The van der Waals surface area contributed by atoms with Crippen LogP contribution in [0.15, 0.2) is 63.6 Å². The Kier molecular flexibility index (Phi) is 2.27. The van der Waals surface area contributed by atoms with Gasteiger partial charge in [0.1, 0.15) is 11.2 Å². The van der Waals surface area contributed by atoms with Gasteiger partial charge in [-0.1, -0.05) is 24.3 Å². The van der Waals surface area contributed by atoms with E-state index in [0.717, 1.165) is 39.4 Å². The predicted molar refractivity (Wildman–Crippen MR) is 76.8 cm³/mol. The summed E-state index contributed by atoms with van der Waals surface area (Å²) in [7, 11) is 0. The van der Waals surface area contributed by atoms with Gasteiger partial charge in [-0.15, -0.1) is 0 Å². The van der Waals surface area contributed by atoms with E-state index in [4.69, 9.17) is 8.83 Å². The van der Waals surface area contributed by atoms with Crippen LogP contribution in [0.4, 0.5) is 0 Å². The SMILES string of the molecule is O=Cc1occc1-c1ccc2oc3ccccc3c2c1. The summed E-state index contributed by atoms with van der Waals surface area (Å²) in [6.45, 7) is 0. The molecule has 0 aliphatic rings. The summed E-state index contributed by atoms with van der Waals surface area (Å²) in [5, 5.41) is 2.11. The van der Waals surface area contributed by atoms with Crippen molar-refractivity contribution in [2.75, 3.05) is 0 Å². The molecule has 0 spiro atoms. The van der Waals surface area contributed by atoms with Crippen molar-refractivity contribution < 1.29 is 13.6 Å². The third-order valence-electron chi connectivity index (χ3n) is 3.49. The molecule has 3 nitrogen and oxygen atoms in total. The van der Waals surface area contributed by atoms with Crippen molar-refractivity contribution in [1.29, 1.82) is 0 Å². The van der Waals surface area contributed by atoms with Crippen LogP contribution in [0, 0.1) is 0 Å². The van der Waals surface area contributed by atoms with Crippen molar-refractivity contribution in [1.82, 2.24) is 0 Å². The average Bonchev–Trinajstić information content (AvgIpc) is 3.10. The molecule has 0 aliphatic heterocycles. The summed E-state index contributed by atoms with van der Waals surface area (Å²) < 4.78 is 10.9. The molecule has 4 aromatic rings. The zero-order chi connectivity index (χ0) is 13.5. The monoisotopic (exact) mass is 262 g/mol. The van der Waals surface area contributed by atoms with Gasteiger partial charge in [0.15, 0.2) is 12.0 Å². The van der Waals surface area contributed by atoms with E-state index >= 15 is 0 Å². The molecule has 0 atom stereocenters. The second-order valence-electron chi connectivity index (χ2n) is 4.63. The molecule has 3 heteroatoms. The fraction of sp³-hybridized carbons (Fsp3) is 0. The number of rotatable bonds is 2. The van der Waals surface area contributed by atoms with Crippen LogP contribution in [0.25, 0.3) is 33.1 Å². The summed E-state index contributed by atoms with van der Waals surface area (Å²) in [4.78, 5) is 11.0. The first-order valence-corrected chi connectivity index (χ1v) is 6.31. The van der Waals surface area contributed by atoms with E-state index in [1.54, 1.807) is 6.07 Å². The molecule has 0 unspecified atom stereocenters. The largest absolute Gasteiger partial charge is 0.461 e. The zero-order valence-corrected chi connectivity index (χ0v) is 10.5. The molecule has 0 amide bonds. The number of hydrogen-bond acceptors (Lipinski definition) is 3. The number of benzene rings is 2. The van der Waals surface area contributed by atoms with E-state index in [9.17, 15) is 4.79 Å². The Morgan fingerprint density at radius 3 is 2.65 bits per heavy atom. The van der Waals surface area contributed by atoms with Gasteiger partial charge in [0.05, 0.1) is 6.26 Å². The van der Waals surface area contributed by atoms with Crippen LogP contribution >= 0.6 is 0 Å². The lowest BCUT2D eigenvalue weighted by Gasteiger charge is -1.98. The van der Waals surface area contributed by atoms with Crippen LogP contribution in [-0.4, -0.2) is 6.29 Å². The predicted octanol–water partition coefficient (Wildman–Crippen LogP) is 4.66. The van der Waals surface area contributed by atoms with Gasteiger partial charge in [-0.05, 0) is 29.8 Å². The molecule has 0 N–H and O–H groups in total. The van der Waals surface area contributed by atoms with Crippen molar-refractivity contribution in [2.45, 2.75) is 0 Å². The summed E-state index contributed by atoms with van der Waals surface area (Å²) >= 11 is 0. The number of fused-ring (bicyclic) bond motifs is 3. The molecule has 0 fully saturated rings. The first kappa shape index (κ1) is 11.1. The molecule has 2 heterocycles. The highest BCUT2D eigenvalue weighted by molar-refractivity contribution is 6.06. The topological polar surface area (TPSA) is 43.4 Å². The van der Waals surface area contributed by atoms with Gasteiger partial charge in [0.25, 0.3) is 0 Å². The third-order valence-corrected chi connectivity index (χ3v) is 3.49. The molecule has 0 aliphatic carbocycles. The van der Waals surface area contributed by atoms with Crippen LogP contribution in [-0.2, 0) is 0 Å². The standard InChI is InChI=1S/C17H10O3/c18-10-17-12(7-8-19-17)11-5-6-16-14(9-11)13-3-1-2-4-15(13)20-16/h1-10H. The van der Waals surface area contributed by atoms with E-state index in [1.807, 2.05) is 42.5 Å². The van der Waals surface area contributed by atoms with E-state index in [-0.39, 0.29) is 0 Å². The Morgan fingerprint density at radius 2 is 1.75 bits per heavy atom. The number of hydrogen-bond donors (Lipinski definition) is 0. The molecule has 2 aromatic carbocycles. The number of para-hydroxylation sites is 1. The number of aldehydes is 1. The highest BCUT2D eigenvalue weighted by atomic mass is 16.3. The van der Waals surface area contributed by atoms with Crippen LogP contribution in [0.2, 0.25) is 0 Å². The Hall–Kier alpha value is -2.81. The van der Waals surface area contributed by atoms with Crippen LogP contribution in [0.5, 0.6) is 0 Å². The second kappa shape index (κ2) is 4.10. The summed E-state index contributed by atoms with van der Waals surface area (Å²) in [5.74, 6) is 0.345. The van der Waals surface area contributed by atoms with Gasteiger partial charge >= 0.3 is 0 Å². The normalized spacial score (nSPS) is 11.2. The van der Waals surface area contributed by atoms with Crippen LogP contribution in [0.1, 0.15) is 10.6 Å². The summed E-state index contributed by atoms with van der Waals surface area (Å²) in [6.07, 6.45) is 2.25. The van der Waals surface area contributed by atoms with Crippen LogP contribution < -0.4 is 0 Å². The molecular formula is C17H10O3. The maximum absolute atomic E-state index is 11.0. The summed E-state index contributed by atoms with van der Waals surface area (Å²) in [5.41, 5.74) is 3.45. The average molecular weight is 262 g/mol. The molecule has 96 valence electrons. The van der Waals surface area contributed by atoms with Gasteiger partial charge < -0.3 is 8.83 Å². The lowest BCUT2D eigenvalue weighted by atomic mass is 10.0. The van der Waals surface area contributed by atoms with Crippen molar-refractivity contribution >= 4 is 28.2 Å². The van der Waals surface area contributed by atoms with E-state index in [2.05, 4.69) is 0 Å². The van der Waals surface area contributed by atoms with Gasteiger partial charge in [0, 0.05) is 16.3 Å². The highest BCUT2D eigenvalue weighted by Crippen LogP contribution is 2.33. The fourth-order valence-electron chi connectivity index (χ4n) is 2.54. The van der Waals surface area contributed by atoms with E-state index < -0.39 is 0 Å². The molecule has 0 bridgehead atoms. The Balaban J connectivity index is 2.02. The van der Waals surface area contributed by atoms with E-state index in [0.29, 0.717) is 5.76 Å². The Bertz CT molecular complexity index is 928. The summed E-state index contributed by atoms with van der Waals surface area (Å²) in [6, 6.07) is 15.6. The van der Waals surface area contributed by atoms with Gasteiger partial charge in [-0.25, -0.2) is 0 Å². The maximum atomic E-state index is 11.0. The maximum Gasteiger partial charge on any atom is 0.185 e. The third kappa shape index (κ3) is 1.50. The van der Waals surface area contributed by atoms with Crippen molar-refractivity contribution in [3.63, 3.8) is 0 Å². The Labute approximate surface area is 114 Å². The van der Waals surface area contributed by atoms with Gasteiger partial charge in [-0.3, -0.25) is 4.79 Å². The minimum absolute atomic E-state index is 0.345. The molecule has 4 rings (SSSR count). The number of furan rings is 2.